The van der Waals surface area contributed by atoms with Crippen LogP contribution in [0.5, 0.6) is 0 Å². The predicted octanol–water partition coefficient (Wildman–Crippen LogP) is 0.836. The smallest absolute Gasteiger partial charge is 0.251 e. The molecular formula is C15H20N2O3. The highest BCUT2D eigenvalue weighted by Crippen LogP contribution is 2.31. The maximum atomic E-state index is 12.0. The van der Waals surface area contributed by atoms with E-state index in [-0.39, 0.29) is 18.4 Å². The third-order valence-electron chi connectivity index (χ3n) is 3.78. The zero-order chi connectivity index (χ0) is 14.6. The van der Waals surface area contributed by atoms with Crippen molar-refractivity contribution in [1.29, 1.82) is 0 Å². The first-order valence-corrected chi connectivity index (χ1v) is 6.85. The largest absolute Gasteiger partial charge is 0.394 e. The van der Waals surface area contributed by atoms with Crippen molar-refractivity contribution in [2.24, 2.45) is 0 Å². The molecule has 0 bridgehead atoms. The zero-order valence-corrected chi connectivity index (χ0v) is 11.6. The van der Waals surface area contributed by atoms with E-state index in [1.54, 1.807) is 31.2 Å². The van der Waals surface area contributed by atoms with Crippen molar-refractivity contribution in [3.63, 3.8) is 0 Å². The Kier molecular flexibility index (Phi) is 4.39. The molecule has 1 fully saturated rings. The van der Waals surface area contributed by atoms with E-state index in [0.29, 0.717) is 5.56 Å². The average molecular weight is 276 g/mol. The molecule has 5 nitrogen and oxygen atoms in total. The standard InChI is InChI=1S/C15H20N2O3/c1-11(13(19)17-15(10-18)8-5-9-15)16-14(20)12-6-3-2-4-7-12/h2-4,6-7,11,18H,5,8-10H2,1H3,(H,16,20)(H,17,19). The van der Waals surface area contributed by atoms with Gasteiger partial charge in [0.15, 0.2) is 0 Å². The van der Waals surface area contributed by atoms with Gasteiger partial charge in [-0.3, -0.25) is 9.59 Å². The van der Waals surface area contributed by atoms with E-state index < -0.39 is 11.6 Å². The second-order valence-corrected chi connectivity index (χ2v) is 5.34. The predicted molar refractivity (Wildman–Crippen MR) is 75.2 cm³/mol. The summed E-state index contributed by atoms with van der Waals surface area (Å²) in [6, 6.07) is 8.13. The van der Waals surface area contributed by atoms with Crippen LogP contribution in [0, 0.1) is 0 Å². The van der Waals surface area contributed by atoms with E-state index >= 15 is 0 Å². The first kappa shape index (κ1) is 14.5. The summed E-state index contributed by atoms with van der Waals surface area (Å²) in [6.45, 7) is 1.58. The Balaban J connectivity index is 1.89. The fourth-order valence-electron chi connectivity index (χ4n) is 2.23. The number of amides is 2. The number of carbonyl (C=O) groups is 2. The van der Waals surface area contributed by atoms with Crippen LogP contribution in [0.15, 0.2) is 30.3 Å². The average Bonchev–Trinajstić information content (AvgIpc) is 2.43. The van der Waals surface area contributed by atoms with E-state index in [4.69, 9.17) is 0 Å². The van der Waals surface area contributed by atoms with Gasteiger partial charge in [0.05, 0.1) is 12.1 Å². The fourth-order valence-corrected chi connectivity index (χ4v) is 2.23. The van der Waals surface area contributed by atoms with Gasteiger partial charge >= 0.3 is 0 Å². The number of benzene rings is 1. The molecule has 1 unspecified atom stereocenters. The molecule has 0 aliphatic heterocycles. The van der Waals surface area contributed by atoms with Gasteiger partial charge < -0.3 is 15.7 Å². The molecule has 2 rings (SSSR count). The Labute approximate surface area is 118 Å². The Morgan fingerprint density at radius 1 is 1.30 bits per heavy atom. The van der Waals surface area contributed by atoms with Gasteiger partial charge in [0, 0.05) is 5.56 Å². The summed E-state index contributed by atoms with van der Waals surface area (Å²) in [7, 11) is 0. The lowest BCUT2D eigenvalue weighted by Crippen LogP contribution is -2.60. The summed E-state index contributed by atoms with van der Waals surface area (Å²) < 4.78 is 0. The second-order valence-electron chi connectivity index (χ2n) is 5.34. The van der Waals surface area contributed by atoms with Crippen LogP contribution >= 0.6 is 0 Å². The van der Waals surface area contributed by atoms with Crippen LogP contribution in [0.1, 0.15) is 36.5 Å². The van der Waals surface area contributed by atoms with Crippen LogP contribution in [-0.2, 0) is 4.79 Å². The van der Waals surface area contributed by atoms with Crippen molar-refractivity contribution in [2.75, 3.05) is 6.61 Å². The molecule has 1 atom stereocenters. The van der Waals surface area contributed by atoms with Crippen molar-refractivity contribution in [2.45, 2.75) is 37.8 Å². The summed E-state index contributed by atoms with van der Waals surface area (Å²) in [5, 5.41) is 14.8. The molecule has 0 aromatic heterocycles. The molecule has 20 heavy (non-hydrogen) atoms. The Morgan fingerprint density at radius 3 is 2.45 bits per heavy atom. The van der Waals surface area contributed by atoms with E-state index in [1.165, 1.54) is 0 Å². The molecule has 0 heterocycles. The number of carbonyl (C=O) groups excluding carboxylic acids is 2. The van der Waals surface area contributed by atoms with Crippen LogP contribution in [0.2, 0.25) is 0 Å². The summed E-state index contributed by atoms with van der Waals surface area (Å²) in [4.78, 5) is 24.0. The number of aliphatic hydroxyl groups excluding tert-OH is 1. The lowest BCUT2D eigenvalue weighted by atomic mass is 9.77. The van der Waals surface area contributed by atoms with Gasteiger partial charge in [-0.1, -0.05) is 18.2 Å². The molecule has 5 heteroatoms. The van der Waals surface area contributed by atoms with Crippen molar-refractivity contribution in [3.8, 4) is 0 Å². The molecule has 0 radical (unpaired) electrons. The number of rotatable bonds is 5. The van der Waals surface area contributed by atoms with Gasteiger partial charge in [0.1, 0.15) is 6.04 Å². The van der Waals surface area contributed by atoms with Gasteiger partial charge in [-0.05, 0) is 38.3 Å². The fraction of sp³-hybridized carbons (Fsp3) is 0.467. The second kappa shape index (κ2) is 6.05. The van der Waals surface area contributed by atoms with Gasteiger partial charge in [-0.15, -0.1) is 0 Å². The van der Waals surface area contributed by atoms with Crippen molar-refractivity contribution in [3.05, 3.63) is 35.9 Å². The number of aliphatic hydroxyl groups is 1. The highest BCUT2D eigenvalue weighted by atomic mass is 16.3. The molecule has 1 aromatic carbocycles. The topological polar surface area (TPSA) is 78.4 Å². The molecule has 1 aliphatic carbocycles. The van der Waals surface area contributed by atoms with Gasteiger partial charge in [-0.2, -0.15) is 0 Å². The molecule has 108 valence electrons. The van der Waals surface area contributed by atoms with E-state index in [2.05, 4.69) is 10.6 Å². The van der Waals surface area contributed by atoms with E-state index in [1.807, 2.05) is 6.07 Å². The van der Waals surface area contributed by atoms with Crippen LogP contribution < -0.4 is 10.6 Å². The minimum atomic E-state index is -0.633. The molecular weight excluding hydrogens is 256 g/mol. The molecule has 1 aromatic rings. The molecule has 0 spiro atoms. The summed E-state index contributed by atoms with van der Waals surface area (Å²) >= 11 is 0. The van der Waals surface area contributed by atoms with Gasteiger partial charge in [0.25, 0.3) is 5.91 Å². The SMILES string of the molecule is CC(NC(=O)c1ccccc1)C(=O)NC1(CO)CCC1. The highest BCUT2D eigenvalue weighted by Gasteiger charge is 2.38. The van der Waals surface area contributed by atoms with Crippen molar-refractivity contribution >= 4 is 11.8 Å². The Hall–Kier alpha value is -1.88. The molecule has 3 N–H and O–H groups in total. The minimum absolute atomic E-state index is 0.0574. The lowest BCUT2D eigenvalue weighted by molar-refractivity contribution is -0.126. The number of hydrogen-bond acceptors (Lipinski definition) is 3. The van der Waals surface area contributed by atoms with Crippen LogP contribution in [0.4, 0.5) is 0 Å². The number of nitrogens with one attached hydrogen (secondary N) is 2. The third-order valence-corrected chi connectivity index (χ3v) is 3.78. The van der Waals surface area contributed by atoms with Crippen molar-refractivity contribution in [1.82, 2.24) is 10.6 Å². The zero-order valence-electron chi connectivity index (χ0n) is 11.6. The highest BCUT2D eigenvalue weighted by molar-refractivity contribution is 5.97. The Bertz CT molecular complexity index is 478. The van der Waals surface area contributed by atoms with E-state index in [9.17, 15) is 14.7 Å². The maximum absolute atomic E-state index is 12.0. The number of hydrogen-bond donors (Lipinski definition) is 3. The third kappa shape index (κ3) is 3.17. The minimum Gasteiger partial charge on any atom is -0.394 e. The quantitative estimate of drug-likeness (QED) is 0.745. The summed E-state index contributed by atoms with van der Waals surface area (Å²) in [5.74, 6) is -0.539. The first-order valence-electron chi connectivity index (χ1n) is 6.85. The normalized spacial score (nSPS) is 17.7. The van der Waals surface area contributed by atoms with Crippen molar-refractivity contribution < 1.29 is 14.7 Å². The summed E-state index contributed by atoms with van der Waals surface area (Å²) in [6.07, 6.45) is 2.58. The Morgan fingerprint density at radius 2 is 1.95 bits per heavy atom. The van der Waals surface area contributed by atoms with Crippen LogP contribution in [0.3, 0.4) is 0 Å². The maximum Gasteiger partial charge on any atom is 0.251 e. The molecule has 0 saturated heterocycles. The van der Waals surface area contributed by atoms with E-state index in [0.717, 1.165) is 19.3 Å². The molecule has 1 aliphatic rings. The first-order chi connectivity index (χ1) is 9.56. The van der Waals surface area contributed by atoms with Crippen LogP contribution in [-0.4, -0.2) is 35.1 Å². The summed E-state index contributed by atoms with van der Waals surface area (Å²) in [5.41, 5.74) is 0.0377. The van der Waals surface area contributed by atoms with Gasteiger partial charge in [0.2, 0.25) is 5.91 Å². The van der Waals surface area contributed by atoms with Gasteiger partial charge in [-0.25, -0.2) is 0 Å². The monoisotopic (exact) mass is 276 g/mol. The molecule has 1 saturated carbocycles. The van der Waals surface area contributed by atoms with Crippen LogP contribution in [0.25, 0.3) is 0 Å². The molecule has 2 amide bonds. The lowest BCUT2D eigenvalue weighted by Gasteiger charge is -2.41.